The number of fused-ring (bicyclic) bond motifs is 1. The van der Waals surface area contributed by atoms with Crippen molar-refractivity contribution in [3.63, 3.8) is 0 Å². The maximum Gasteiger partial charge on any atom is 0.303 e. The highest BCUT2D eigenvalue weighted by Crippen LogP contribution is 2.35. The third-order valence-electron chi connectivity index (χ3n) is 5.55. The summed E-state index contributed by atoms with van der Waals surface area (Å²) in [5, 5.41) is 8.83. The molecule has 0 saturated carbocycles. The third-order valence-corrected chi connectivity index (χ3v) is 5.55. The van der Waals surface area contributed by atoms with E-state index in [4.69, 9.17) is 10.1 Å². The normalized spacial score (nSPS) is 16.4. The number of pyridine rings is 1. The van der Waals surface area contributed by atoms with Crippen LogP contribution >= 0.6 is 0 Å². The molecule has 0 radical (unpaired) electrons. The van der Waals surface area contributed by atoms with Gasteiger partial charge in [0.05, 0.1) is 17.3 Å². The number of imidazole rings is 1. The minimum absolute atomic E-state index is 0.0123. The minimum Gasteiger partial charge on any atom is -0.481 e. The molecule has 1 unspecified atom stereocenters. The highest BCUT2D eigenvalue weighted by Gasteiger charge is 2.33. The molecule has 1 atom stereocenters. The number of benzene rings is 1. The summed E-state index contributed by atoms with van der Waals surface area (Å²) < 4.78 is 2.09. The maximum absolute atomic E-state index is 12.8. The molecule has 1 saturated heterocycles. The number of carboxylic acid groups (broad SMARTS) is 1. The summed E-state index contributed by atoms with van der Waals surface area (Å²) in [6, 6.07) is 14.3. The Bertz CT molecular complexity index is 1040. The molecule has 1 aromatic carbocycles. The lowest BCUT2D eigenvalue weighted by Crippen LogP contribution is -2.31. The Labute approximate surface area is 169 Å². The predicted molar refractivity (Wildman–Crippen MR) is 111 cm³/mol. The first kappa shape index (κ1) is 19.2. The lowest BCUT2D eigenvalue weighted by molar-refractivity contribution is -0.137. The van der Waals surface area contributed by atoms with Crippen molar-refractivity contribution in [1.29, 1.82) is 0 Å². The van der Waals surface area contributed by atoms with E-state index in [2.05, 4.69) is 41.7 Å². The van der Waals surface area contributed by atoms with Gasteiger partial charge in [-0.05, 0) is 38.3 Å². The molecule has 150 valence electrons. The standard InChI is InChI=1S/C23H25N3O3/c1-16-10-12-17(13-11-16)22-18-6-2-3-14-26(18)23(24-22)19-7-5-15-25(19)20(27)8-4-9-21(28)29/h2-3,6,10-14,19H,4-5,7-9,15H2,1H3,(H,28,29). The van der Waals surface area contributed by atoms with Crippen molar-refractivity contribution in [2.24, 2.45) is 0 Å². The van der Waals surface area contributed by atoms with Crippen LogP contribution in [0.15, 0.2) is 48.7 Å². The van der Waals surface area contributed by atoms with Crippen LogP contribution < -0.4 is 0 Å². The SMILES string of the molecule is Cc1ccc(-c2nc(C3CCCN3C(=O)CCCC(=O)O)n3ccccc23)cc1. The van der Waals surface area contributed by atoms with Crippen LogP contribution in [0.1, 0.15) is 49.5 Å². The van der Waals surface area contributed by atoms with E-state index in [1.165, 1.54) is 5.56 Å². The zero-order chi connectivity index (χ0) is 20.4. The average Bonchev–Trinajstić information content (AvgIpc) is 3.33. The molecule has 1 fully saturated rings. The summed E-state index contributed by atoms with van der Waals surface area (Å²) in [5.74, 6) is 0.0244. The molecule has 1 amide bonds. The number of rotatable bonds is 6. The quantitative estimate of drug-likeness (QED) is 0.682. The number of aromatic nitrogens is 2. The van der Waals surface area contributed by atoms with Crippen molar-refractivity contribution in [3.8, 4) is 11.3 Å². The first-order valence-corrected chi connectivity index (χ1v) is 10.1. The highest BCUT2D eigenvalue weighted by atomic mass is 16.4. The highest BCUT2D eigenvalue weighted by molar-refractivity contribution is 5.79. The summed E-state index contributed by atoms with van der Waals surface area (Å²) in [5.41, 5.74) is 4.21. The molecule has 6 heteroatoms. The van der Waals surface area contributed by atoms with Crippen LogP contribution in [0.4, 0.5) is 0 Å². The number of hydrogen-bond acceptors (Lipinski definition) is 3. The molecule has 4 rings (SSSR count). The van der Waals surface area contributed by atoms with Gasteiger partial charge in [0, 0.05) is 31.1 Å². The number of carbonyl (C=O) groups excluding carboxylic acids is 1. The van der Waals surface area contributed by atoms with Crippen molar-refractivity contribution >= 4 is 17.4 Å². The van der Waals surface area contributed by atoms with Crippen LogP contribution in [0, 0.1) is 6.92 Å². The zero-order valence-corrected chi connectivity index (χ0v) is 16.5. The molecule has 0 spiro atoms. The Morgan fingerprint density at radius 1 is 1.14 bits per heavy atom. The van der Waals surface area contributed by atoms with Crippen molar-refractivity contribution in [3.05, 3.63) is 60.0 Å². The van der Waals surface area contributed by atoms with Gasteiger partial charge in [0.1, 0.15) is 5.82 Å². The Balaban J connectivity index is 1.67. The van der Waals surface area contributed by atoms with Crippen LogP contribution in [0.3, 0.4) is 0 Å². The van der Waals surface area contributed by atoms with Gasteiger partial charge in [-0.2, -0.15) is 0 Å². The summed E-state index contributed by atoms with van der Waals surface area (Å²) in [6.45, 7) is 2.76. The molecule has 0 bridgehead atoms. The second-order valence-electron chi connectivity index (χ2n) is 7.63. The van der Waals surface area contributed by atoms with E-state index in [1.54, 1.807) is 0 Å². The molecule has 1 aliphatic rings. The van der Waals surface area contributed by atoms with Crippen molar-refractivity contribution in [2.75, 3.05) is 6.54 Å². The van der Waals surface area contributed by atoms with Gasteiger partial charge >= 0.3 is 5.97 Å². The van der Waals surface area contributed by atoms with Gasteiger partial charge < -0.3 is 14.4 Å². The van der Waals surface area contributed by atoms with Gasteiger partial charge in [0.25, 0.3) is 0 Å². The Morgan fingerprint density at radius 3 is 2.69 bits per heavy atom. The number of hydrogen-bond donors (Lipinski definition) is 1. The third kappa shape index (κ3) is 3.88. The molecule has 29 heavy (non-hydrogen) atoms. The number of nitrogens with zero attached hydrogens (tertiary/aromatic N) is 3. The lowest BCUT2D eigenvalue weighted by Gasteiger charge is -2.24. The first-order valence-electron chi connectivity index (χ1n) is 10.1. The molecular weight excluding hydrogens is 366 g/mol. The van der Waals surface area contributed by atoms with Crippen LogP contribution in [-0.4, -0.2) is 37.8 Å². The monoisotopic (exact) mass is 391 g/mol. The zero-order valence-electron chi connectivity index (χ0n) is 16.5. The molecule has 3 aromatic rings. The summed E-state index contributed by atoms with van der Waals surface area (Å²) in [4.78, 5) is 30.4. The van der Waals surface area contributed by atoms with Gasteiger partial charge in [0.2, 0.25) is 5.91 Å². The minimum atomic E-state index is -0.863. The van der Waals surface area contributed by atoms with E-state index in [0.29, 0.717) is 13.0 Å². The molecule has 2 aromatic heterocycles. The van der Waals surface area contributed by atoms with Crippen molar-refractivity contribution < 1.29 is 14.7 Å². The van der Waals surface area contributed by atoms with E-state index < -0.39 is 5.97 Å². The van der Waals surface area contributed by atoms with Gasteiger partial charge in [-0.3, -0.25) is 9.59 Å². The van der Waals surface area contributed by atoms with E-state index in [1.807, 2.05) is 23.2 Å². The fourth-order valence-electron chi connectivity index (χ4n) is 4.09. The number of carbonyl (C=O) groups is 2. The Kier molecular flexibility index (Phi) is 5.34. The van der Waals surface area contributed by atoms with Crippen LogP contribution in [0.5, 0.6) is 0 Å². The van der Waals surface area contributed by atoms with Crippen LogP contribution in [-0.2, 0) is 9.59 Å². The molecule has 1 aliphatic heterocycles. The second kappa shape index (κ2) is 8.07. The summed E-state index contributed by atoms with van der Waals surface area (Å²) in [7, 11) is 0. The molecule has 6 nitrogen and oxygen atoms in total. The average molecular weight is 391 g/mol. The smallest absolute Gasteiger partial charge is 0.303 e. The van der Waals surface area contributed by atoms with Crippen molar-refractivity contribution in [2.45, 2.75) is 45.1 Å². The fraction of sp³-hybridized carbons (Fsp3) is 0.348. The van der Waals surface area contributed by atoms with Gasteiger partial charge in [-0.25, -0.2) is 4.98 Å². The summed E-state index contributed by atoms with van der Waals surface area (Å²) >= 11 is 0. The molecular formula is C23H25N3O3. The Hall–Kier alpha value is -3.15. The van der Waals surface area contributed by atoms with Crippen LogP contribution in [0.25, 0.3) is 16.8 Å². The number of aliphatic carboxylic acids is 1. The van der Waals surface area contributed by atoms with Gasteiger partial charge in [-0.15, -0.1) is 0 Å². The van der Waals surface area contributed by atoms with Crippen molar-refractivity contribution in [1.82, 2.24) is 14.3 Å². The number of amides is 1. The number of carboxylic acids is 1. The van der Waals surface area contributed by atoms with Gasteiger partial charge in [-0.1, -0.05) is 35.9 Å². The molecule has 1 N–H and O–H groups in total. The van der Waals surface area contributed by atoms with E-state index in [9.17, 15) is 9.59 Å². The van der Waals surface area contributed by atoms with E-state index in [0.717, 1.165) is 35.4 Å². The van der Waals surface area contributed by atoms with E-state index >= 15 is 0 Å². The lowest BCUT2D eigenvalue weighted by atomic mass is 10.1. The number of aryl methyl sites for hydroxylation is 1. The summed E-state index contributed by atoms with van der Waals surface area (Å²) in [6.07, 6.45) is 4.45. The topological polar surface area (TPSA) is 74.9 Å². The predicted octanol–water partition coefficient (Wildman–Crippen LogP) is 4.23. The Morgan fingerprint density at radius 2 is 1.93 bits per heavy atom. The number of likely N-dealkylation sites (tertiary alicyclic amines) is 1. The fourth-order valence-corrected chi connectivity index (χ4v) is 4.09. The molecule has 0 aliphatic carbocycles. The van der Waals surface area contributed by atoms with Crippen LogP contribution in [0.2, 0.25) is 0 Å². The molecule has 3 heterocycles. The first-order chi connectivity index (χ1) is 14.0. The van der Waals surface area contributed by atoms with Gasteiger partial charge in [0.15, 0.2) is 0 Å². The van der Waals surface area contributed by atoms with E-state index in [-0.39, 0.29) is 24.8 Å². The largest absolute Gasteiger partial charge is 0.481 e. The second-order valence-corrected chi connectivity index (χ2v) is 7.63. The maximum atomic E-state index is 12.8.